The minimum Gasteiger partial charge on any atom is -0.303 e. The molecular weight excluding hydrogens is 392 g/mol. The molecule has 0 unspecified atom stereocenters. The first-order valence-corrected chi connectivity index (χ1v) is 13.8. The Kier molecular flexibility index (Phi) is 4.85. The Morgan fingerprint density at radius 2 is 1.38 bits per heavy atom. The highest BCUT2D eigenvalue weighted by Gasteiger charge is 2.72. The lowest BCUT2D eigenvalue weighted by Crippen LogP contribution is -2.68. The van der Waals surface area contributed by atoms with Gasteiger partial charge < -0.3 is 4.79 Å². The van der Waals surface area contributed by atoms with Gasteiger partial charge in [-0.1, -0.05) is 48.5 Å². The summed E-state index contributed by atoms with van der Waals surface area (Å²) in [5, 5.41) is 0. The van der Waals surface area contributed by atoms with Gasteiger partial charge in [-0.25, -0.2) is 0 Å². The first-order valence-electron chi connectivity index (χ1n) is 13.8. The number of hydrogen-bond donors (Lipinski definition) is 0. The second kappa shape index (κ2) is 6.72. The van der Waals surface area contributed by atoms with Crippen molar-refractivity contribution in [3.05, 3.63) is 0 Å². The van der Waals surface area contributed by atoms with Crippen LogP contribution in [-0.4, -0.2) is 12.1 Å². The molecule has 5 rings (SSSR count). The van der Waals surface area contributed by atoms with Crippen molar-refractivity contribution >= 4 is 12.1 Å². The average molecular weight is 441 g/mol. The maximum absolute atomic E-state index is 13.2. The van der Waals surface area contributed by atoms with Gasteiger partial charge in [-0.05, 0) is 109 Å². The Hall–Kier alpha value is -0.660. The third-order valence-corrected chi connectivity index (χ3v) is 13.5. The number of rotatable bonds is 1. The number of carbonyl (C=O) groups excluding carboxylic acids is 2. The second-order valence-corrected chi connectivity index (χ2v) is 15.0. The van der Waals surface area contributed by atoms with E-state index in [1.807, 2.05) is 0 Å². The summed E-state index contributed by atoms with van der Waals surface area (Å²) in [6.45, 7) is 17.4. The van der Waals surface area contributed by atoms with Crippen molar-refractivity contribution in [1.82, 2.24) is 0 Å². The molecule has 180 valence electrons. The smallest absolute Gasteiger partial charge is 0.136 e. The lowest BCUT2D eigenvalue weighted by atomic mass is 9.30. The molecule has 0 saturated heterocycles. The lowest BCUT2D eigenvalue weighted by molar-refractivity contribution is -0.251. The highest BCUT2D eigenvalue weighted by atomic mass is 16.1. The van der Waals surface area contributed by atoms with Crippen LogP contribution in [0.5, 0.6) is 0 Å². The Labute approximate surface area is 197 Å². The van der Waals surface area contributed by atoms with Crippen LogP contribution in [0.3, 0.4) is 0 Å². The second-order valence-electron chi connectivity index (χ2n) is 15.0. The molecule has 0 aromatic carbocycles. The predicted octanol–water partition coefficient (Wildman–Crippen LogP) is 7.64. The maximum atomic E-state index is 13.2. The zero-order valence-corrected chi connectivity index (χ0v) is 22.0. The van der Waals surface area contributed by atoms with Crippen molar-refractivity contribution < 1.29 is 9.59 Å². The third kappa shape index (κ3) is 2.65. The van der Waals surface area contributed by atoms with Crippen LogP contribution in [0.4, 0.5) is 0 Å². The van der Waals surface area contributed by atoms with Gasteiger partial charge in [0.2, 0.25) is 0 Å². The Morgan fingerprint density at radius 1 is 0.750 bits per heavy atom. The van der Waals surface area contributed by atoms with Crippen LogP contribution in [0.1, 0.15) is 119 Å². The number of aldehydes is 1. The minimum atomic E-state index is -0.214. The third-order valence-electron chi connectivity index (χ3n) is 13.5. The van der Waals surface area contributed by atoms with Crippen molar-refractivity contribution in [2.24, 2.45) is 56.2 Å². The first kappa shape index (κ1) is 23.1. The molecule has 5 aliphatic carbocycles. The van der Waals surface area contributed by atoms with E-state index in [1.165, 1.54) is 44.8 Å². The average Bonchev–Trinajstić information content (AvgIpc) is 2.74. The van der Waals surface area contributed by atoms with Gasteiger partial charge in [-0.3, -0.25) is 4.79 Å². The monoisotopic (exact) mass is 440 g/mol. The quantitative estimate of drug-likeness (QED) is 0.393. The van der Waals surface area contributed by atoms with Gasteiger partial charge in [0.25, 0.3) is 0 Å². The Balaban J connectivity index is 1.58. The maximum Gasteiger partial charge on any atom is 0.136 e. The summed E-state index contributed by atoms with van der Waals surface area (Å²) in [6.07, 6.45) is 14.3. The van der Waals surface area contributed by atoms with Crippen LogP contribution in [0.2, 0.25) is 0 Å². The number of ketones is 1. The minimum absolute atomic E-state index is 0.00680. The van der Waals surface area contributed by atoms with E-state index in [0.29, 0.717) is 40.3 Å². The van der Waals surface area contributed by atoms with Crippen LogP contribution >= 0.6 is 0 Å². The van der Waals surface area contributed by atoms with E-state index >= 15 is 0 Å². The Morgan fingerprint density at radius 3 is 2.06 bits per heavy atom. The van der Waals surface area contributed by atoms with Crippen molar-refractivity contribution in [2.45, 2.75) is 119 Å². The number of carbonyl (C=O) groups is 2. The van der Waals surface area contributed by atoms with Crippen LogP contribution in [-0.2, 0) is 9.59 Å². The molecule has 0 aromatic heterocycles. The summed E-state index contributed by atoms with van der Waals surface area (Å²) in [5.41, 5.74) is 1.25. The van der Waals surface area contributed by atoms with Gasteiger partial charge >= 0.3 is 0 Å². The molecular formula is C30H48O2. The molecule has 0 N–H and O–H groups in total. The molecule has 5 aliphatic rings. The molecule has 9 atom stereocenters. The fourth-order valence-electron chi connectivity index (χ4n) is 11.0. The van der Waals surface area contributed by atoms with E-state index in [4.69, 9.17) is 0 Å². The molecule has 2 heteroatoms. The Bertz CT molecular complexity index is 829. The van der Waals surface area contributed by atoms with Gasteiger partial charge in [0.1, 0.15) is 12.1 Å². The van der Waals surface area contributed by atoms with Crippen LogP contribution in [0, 0.1) is 56.2 Å². The highest BCUT2D eigenvalue weighted by molar-refractivity contribution is 5.83. The molecule has 0 heterocycles. The predicted molar refractivity (Wildman–Crippen MR) is 130 cm³/mol. The van der Waals surface area contributed by atoms with Crippen LogP contribution in [0.25, 0.3) is 0 Å². The zero-order valence-electron chi connectivity index (χ0n) is 22.0. The molecule has 0 amide bonds. The van der Waals surface area contributed by atoms with Gasteiger partial charge in [0, 0.05) is 17.8 Å². The molecule has 0 aliphatic heterocycles. The molecule has 0 bridgehead atoms. The molecule has 0 radical (unpaired) electrons. The normalized spacial score (nSPS) is 56.9. The molecule has 32 heavy (non-hydrogen) atoms. The van der Waals surface area contributed by atoms with E-state index in [0.717, 1.165) is 31.6 Å². The summed E-state index contributed by atoms with van der Waals surface area (Å²) >= 11 is 0. The number of hydrogen-bond acceptors (Lipinski definition) is 2. The van der Waals surface area contributed by atoms with Crippen LogP contribution < -0.4 is 0 Å². The van der Waals surface area contributed by atoms with E-state index in [-0.39, 0.29) is 22.2 Å². The van der Waals surface area contributed by atoms with E-state index < -0.39 is 0 Å². The molecule has 0 aromatic rings. The molecule has 0 spiro atoms. The molecule has 2 nitrogen and oxygen atoms in total. The van der Waals surface area contributed by atoms with Gasteiger partial charge in [0.15, 0.2) is 0 Å². The summed E-state index contributed by atoms with van der Waals surface area (Å²) < 4.78 is 0. The van der Waals surface area contributed by atoms with Gasteiger partial charge in [0.05, 0.1) is 0 Å². The summed E-state index contributed by atoms with van der Waals surface area (Å²) in [5.74, 6) is 2.18. The van der Waals surface area contributed by atoms with Crippen molar-refractivity contribution in [3.8, 4) is 0 Å². The lowest BCUT2D eigenvalue weighted by Gasteiger charge is -2.74. The fraction of sp³-hybridized carbons (Fsp3) is 0.933. The van der Waals surface area contributed by atoms with Crippen molar-refractivity contribution in [1.29, 1.82) is 0 Å². The zero-order chi connectivity index (χ0) is 23.4. The van der Waals surface area contributed by atoms with Crippen molar-refractivity contribution in [2.75, 3.05) is 0 Å². The van der Waals surface area contributed by atoms with Gasteiger partial charge in [-0.2, -0.15) is 0 Å². The number of Topliss-reactive ketones (excluding diaryl/α,β-unsaturated/α-hetero) is 1. The highest BCUT2D eigenvalue weighted by Crippen LogP contribution is 2.78. The van der Waals surface area contributed by atoms with Gasteiger partial charge in [-0.15, -0.1) is 0 Å². The van der Waals surface area contributed by atoms with E-state index in [1.54, 1.807) is 0 Å². The fourth-order valence-corrected chi connectivity index (χ4v) is 11.0. The molecule has 5 saturated carbocycles. The first-order chi connectivity index (χ1) is 14.8. The summed E-state index contributed by atoms with van der Waals surface area (Å²) in [6, 6.07) is 0. The summed E-state index contributed by atoms with van der Waals surface area (Å²) in [4.78, 5) is 25.9. The largest absolute Gasteiger partial charge is 0.303 e. The topological polar surface area (TPSA) is 34.1 Å². The van der Waals surface area contributed by atoms with E-state index in [9.17, 15) is 9.59 Å². The van der Waals surface area contributed by atoms with E-state index in [2.05, 4.69) is 48.5 Å². The van der Waals surface area contributed by atoms with Crippen LogP contribution in [0.15, 0.2) is 0 Å². The SMILES string of the molecule is C[C@H]1C(=O)CC[C@H]2[C@]1(C)CC[C@@H]1[C@@]2(C=O)CC[C@@]2(C)[C@@H]3CC(C)(C)CC[C@]3(C)CC[C@]12C. The van der Waals surface area contributed by atoms with Crippen molar-refractivity contribution in [3.63, 3.8) is 0 Å². The number of fused-ring (bicyclic) bond motifs is 7. The summed E-state index contributed by atoms with van der Waals surface area (Å²) in [7, 11) is 0. The molecule has 5 fully saturated rings. The standard InChI is InChI=1S/C30H48O2/c1-20-21(32)8-9-22-27(20,5)11-10-23-28(6)15-14-26(4)13-12-25(2,3)18-24(26)29(28,7)16-17-30(22,23)19-31/h19-20,22-24H,8-18H2,1-7H3/t20-,22-,23-,24+,26+,27+,28+,29-,30+/m0/s1.